The highest BCUT2D eigenvalue weighted by Crippen LogP contribution is 2.42. The highest BCUT2D eigenvalue weighted by atomic mass is 35.5. The lowest BCUT2D eigenvalue weighted by Gasteiger charge is -2.28. The maximum atomic E-state index is 11.8. The van der Waals surface area contributed by atoms with E-state index in [1.807, 2.05) is 43.5 Å². The Kier molecular flexibility index (Phi) is 6.46. The molecule has 0 amide bonds. The van der Waals surface area contributed by atoms with Gasteiger partial charge < -0.3 is 14.6 Å². The van der Waals surface area contributed by atoms with Crippen molar-refractivity contribution in [3.05, 3.63) is 70.5 Å². The lowest BCUT2D eigenvalue weighted by Crippen LogP contribution is -2.29. The van der Waals surface area contributed by atoms with Crippen LogP contribution in [0.4, 0.5) is 0 Å². The Morgan fingerprint density at radius 1 is 1.13 bits per heavy atom. The molecule has 38 heavy (non-hydrogen) atoms. The van der Waals surface area contributed by atoms with Crippen molar-refractivity contribution in [3.8, 4) is 21.7 Å². The Morgan fingerprint density at radius 2 is 1.87 bits per heavy atom. The number of hydrogen-bond acceptors (Lipinski definition) is 5. The van der Waals surface area contributed by atoms with Crippen molar-refractivity contribution in [1.29, 1.82) is 0 Å². The number of rotatable bonds is 5. The third-order valence-corrected chi connectivity index (χ3v) is 9.11. The SMILES string of the molecule is Cc1cc2nc(-c3cnc4c(c3)c(C3CCN(C)CC3)cn4C)sc2c(-c2ccc(Cl)cc2)c1CC(=O)O. The lowest BCUT2D eigenvalue weighted by atomic mass is 9.89. The molecule has 0 bridgehead atoms. The normalized spacial score (nSPS) is 15.1. The van der Waals surface area contributed by atoms with Gasteiger partial charge in [-0.3, -0.25) is 4.79 Å². The molecule has 3 aromatic heterocycles. The number of piperidine rings is 1. The van der Waals surface area contributed by atoms with E-state index in [1.54, 1.807) is 11.3 Å². The summed E-state index contributed by atoms with van der Waals surface area (Å²) in [5.41, 5.74) is 7.80. The van der Waals surface area contributed by atoms with Crippen molar-refractivity contribution in [3.63, 3.8) is 0 Å². The van der Waals surface area contributed by atoms with E-state index >= 15 is 0 Å². The molecule has 1 saturated heterocycles. The number of fused-ring (bicyclic) bond motifs is 2. The van der Waals surface area contributed by atoms with E-state index in [9.17, 15) is 9.90 Å². The second-order valence-electron chi connectivity index (χ2n) is 10.4. The molecule has 0 atom stereocenters. The molecular formula is C30H29ClN4O2S. The molecule has 8 heteroatoms. The van der Waals surface area contributed by atoms with E-state index in [-0.39, 0.29) is 6.42 Å². The van der Waals surface area contributed by atoms with E-state index in [2.05, 4.69) is 35.8 Å². The maximum absolute atomic E-state index is 11.8. The van der Waals surface area contributed by atoms with Crippen LogP contribution in [0.15, 0.2) is 48.8 Å². The first-order valence-electron chi connectivity index (χ1n) is 12.8. The van der Waals surface area contributed by atoms with Crippen molar-refractivity contribution in [2.45, 2.75) is 32.1 Å². The Bertz CT molecular complexity index is 1680. The summed E-state index contributed by atoms with van der Waals surface area (Å²) >= 11 is 7.76. The fraction of sp³-hybridized carbons (Fsp3) is 0.300. The Balaban J connectivity index is 1.50. The number of benzene rings is 2. The summed E-state index contributed by atoms with van der Waals surface area (Å²) in [6.07, 6.45) is 6.40. The molecule has 1 N–H and O–H groups in total. The molecule has 0 aliphatic carbocycles. The number of aliphatic carboxylic acids is 1. The van der Waals surface area contributed by atoms with Gasteiger partial charge in [0.25, 0.3) is 0 Å². The fourth-order valence-electron chi connectivity index (χ4n) is 5.71. The van der Waals surface area contributed by atoms with Crippen LogP contribution in [-0.4, -0.2) is 50.6 Å². The van der Waals surface area contributed by atoms with Crippen LogP contribution in [0, 0.1) is 6.92 Å². The number of thiazole rings is 1. The van der Waals surface area contributed by atoms with Gasteiger partial charge in [-0.2, -0.15) is 0 Å². The largest absolute Gasteiger partial charge is 0.481 e. The number of carboxylic acid groups (broad SMARTS) is 1. The summed E-state index contributed by atoms with van der Waals surface area (Å²) in [5.74, 6) is -0.326. The maximum Gasteiger partial charge on any atom is 0.307 e. The minimum absolute atomic E-state index is 0.0512. The van der Waals surface area contributed by atoms with Gasteiger partial charge in [0.1, 0.15) is 10.7 Å². The van der Waals surface area contributed by atoms with Crippen molar-refractivity contribution in [1.82, 2.24) is 19.4 Å². The van der Waals surface area contributed by atoms with Crippen LogP contribution in [0.3, 0.4) is 0 Å². The smallest absolute Gasteiger partial charge is 0.307 e. The van der Waals surface area contributed by atoms with E-state index < -0.39 is 5.97 Å². The van der Waals surface area contributed by atoms with Gasteiger partial charge in [0.2, 0.25) is 0 Å². The molecular weight excluding hydrogens is 516 g/mol. The first-order chi connectivity index (χ1) is 18.3. The number of nitrogens with zero attached hydrogens (tertiary/aromatic N) is 4. The molecule has 6 nitrogen and oxygen atoms in total. The zero-order chi connectivity index (χ0) is 26.6. The summed E-state index contributed by atoms with van der Waals surface area (Å²) < 4.78 is 3.11. The molecule has 194 valence electrons. The van der Waals surface area contributed by atoms with Gasteiger partial charge in [-0.05, 0) is 92.3 Å². The minimum Gasteiger partial charge on any atom is -0.481 e. The third kappa shape index (κ3) is 4.49. The average molecular weight is 545 g/mol. The van der Waals surface area contributed by atoms with Gasteiger partial charge in [-0.25, -0.2) is 9.97 Å². The van der Waals surface area contributed by atoms with Crippen molar-refractivity contribution >= 4 is 50.2 Å². The third-order valence-electron chi connectivity index (χ3n) is 7.72. The van der Waals surface area contributed by atoms with Crippen LogP contribution in [-0.2, 0) is 18.3 Å². The molecule has 0 unspecified atom stereocenters. The molecule has 5 aromatic rings. The van der Waals surface area contributed by atoms with E-state index in [0.29, 0.717) is 10.9 Å². The molecule has 2 aromatic carbocycles. The van der Waals surface area contributed by atoms with Gasteiger partial charge in [-0.15, -0.1) is 11.3 Å². The predicted octanol–water partition coefficient (Wildman–Crippen LogP) is 6.92. The first kappa shape index (κ1) is 25.0. The number of hydrogen-bond donors (Lipinski definition) is 1. The van der Waals surface area contributed by atoms with E-state index in [0.717, 1.165) is 74.6 Å². The van der Waals surface area contributed by atoms with Gasteiger partial charge in [0.05, 0.1) is 16.6 Å². The average Bonchev–Trinajstić information content (AvgIpc) is 3.46. The quantitative estimate of drug-likeness (QED) is 0.260. The highest BCUT2D eigenvalue weighted by molar-refractivity contribution is 7.22. The van der Waals surface area contributed by atoms with Crippen molar-refractivity contribution < 1.29 is 9.90 Å². The predicted molar refractivity (Wildman–Crippen MR) is 155 cm³/mol. The fourth-order valence-corrected chi connectivity index (χ4v) is 6.96. The topological polar surface area (TPSA) is 71.2 Å². The standard InChI is InChI=1S/C30H29ClN4O2S/c1-17-12-25-28(27(22(17)14-26(36)37)19-4-6-21(31)7-5-19)38-30(33-25)20-13-23-24(16-35(3)29(23)32-15-20)18-8-10-34(2)11-9-18/h4-7,12-13,15-16,18H,8-11,14H2,1-3H3,(H,36,37). The molecule has 0 saturated carbocycles. The monoisotopic (exact) mass is 544 g/mol. The number of carbonyl (C=O) groups is 1. The number of carboxylic acids is 1. The second kappa shape index (κ2) is 9.80. The molecule has 1 aliphatic heterocycles. The summed E-state index contributed by atoms with van der Waals surface area (Å²) in [5, 5.41) is 12.4. The van der Waals surface area contributed by atoms with Crippen molar-refractivity contribution in [2.75, 3.05) is 20.1 Å². The molecule has 4 heterocycles. The Hall–Kier alpha value is -3.26. The molecule has 0 radical (unpaired) electrons. The summed E-state index contributed by atoms with van der Waals surface area (Å²) in [7, 11) is 4.25. The number of pyridine rings is 1. The van der Waals surface area contributed by atoms with Gasteiger partial charge in [-0.1, -0.05) is 23.7 Å². The second-order valence-corrected chi connectivity index (χ2v) is 11.8. The van der Waals surface area contributed by atoms with Crippen LogP contribution < -0.4 is 0 Å². The number of aromatic nitrogens is 3. The van der Waals surface area contributed by atoms with Crippen molar-refractivity contribution in [2.24, 2.45) is 7.05 Å². The summed E-state index contributed by atoms with van der Waals surface area (Å²) in [6, 6.07) is 11.8. The Labute approximate surface area is 230 Å². The molecule has 0 spiro atoms. The van der Waals surface area contributed by atoms with Gasteiger partial charge >= 0.3 is 5.97 Å². The number of halogens is 1. The summed E-state index contributed by atoms with van der Waals surface area (Å²) in [6.45, 7) is 4.18. The molecule has 6 rings (SSSR count). The number of likely N-dealkylation sites (tertiary alicyclic amines) is 1. The molecule has 1 aliphatic rings. The van der Waals surface area contributed by atoms with Crippen LogP contribution in [0.5, 0.6) is 0 Å². The zero-order valence-corrected chi connectivity index (χ0v) is 23.2. The van der Waals surface area contributed by atoms with Crippen LogP contribution in [0.2, 0.25) is 5.02 Å². The van der Waals surface area contributed by atoms with Crippen LogP contribution >= 0.6 is 22.9 Å². The lowest BCUT2D eigenvalue weighted by molar-refractivity contribution is -0.136. The highest BCUT2D eigenvalue weighted by Gasteiger charge is 2.24. The summed E-state index contributed by atoms with van der Waals surface area (Å²) in [4.78, 5) is 24.1. The van der Waals surface area contributed by atoms with E-state index in [1.165, 1.54) is 10.9 Å². The zero-order valence-electron chi connectivity index (χ0n) is 21.7. The molecule has 1 fully saturated rings. The minimum atomic E-state index is -0.854. The van der Waals surface area contributed by atoms with Gasteiger partial charge in [0, 0.05) is 41.0 Å². The first-order valence-corrected chi connectivity index (χ1v) is 14.0. The van der Waals surface area contributed by atoms with Crippen LogP contribution in [0.1, 0.15) is 35.4 Å². The van der Waals surface area contributed by atoms with Crippen LogP contribution in [0.25, 0.3) is 42.9 Å². The Morgan fingerprint density at radius 3 is 2.58 bits per heavy atom. The van der Waals surface area contributed by atoms with Gasteiger partial charge in [0.15, 0.2) is 0 Å². The van der Waals surface area contributed by atoms with E-state index in [4.69, 9.17) is 21.6 Å². The number of aryl methyl sites for hydroxylation is 2.